The number of piperidine rings is 2. The highest BCUT2D eigenvalue weighted by molar-refractivity contribution is 5.74. The summed E-state index contributed by atoms with van der Waals surface area (Å²) in [6.07, 6.45) is 7.92. The van der Waals surface area contributed by atoms with Crippen LogP contribution in [0.3, 0.4) is 0 Å². The molecule has 0 spiro atoms. The van der Waals surface area contributed by atoms with Gasteiger partial charge in [-0.05, 0) is 76.1 Å². The molecule has 3 aromatic rings. The van der Waals surface area contributed by atoms with Crippen molar-refractivity contribution in [1.82, 2.24) is 25.5 Å². The monoisotopic (exact) mass is 532 g/mol. The zero-order valence-electron chi connectivity index (χ0n) is 22.2. The van der Waals surface area contributed by atoms with Crippen LogP contribution in [0.15, 0.2) is 36.7 Å². The first kappa shape index (κ1) is 24.5. The first-order chi connectivity index (χ1) is 18.8. The topological polar surface area (TPSA) is 106 Å². The van der Waals surface area contributed by atoms with Gasteiger partial charge in [-0.25, -0.2) is 14.4 Å². The molecule has 1 aliphatic carbocycles. The Kier molecular flexibility index (Phi) is 5.66. The van der Waals surface area contributed by atoms with E-state index in [0.29, 0.717) is 48.5 Å². The molecule has 39 heavy (non-hydrogen) atoms. The number of halogens is 1. The Morgan fingerprint density at radius 1 is 1.03 bits per heavy atom. The van der Waals surface area contributed by atoms with Gasteiger partial charge >= 0.3 is 0 Å². The molecule has 204 valence electrons. The van der Waals surface area contributed by atoms with Crippen molar-refractivity contribution >= 4 is 5.95 Å². The second-order valence-electron chi connectivity index (χ2n) is 11.9. The van der Waals surface area contributed by atoms with Crippen LogP contribution in [0.2, 0.25) is 0 Å². The fraction of sp³-hybridized carbons (Fsp3) is 0.517. The van der Waals surface area contributed by atoms with Crippen LogP contribution in [0.1, 0.15) is 52.4 Å². The number of anilines is 1. The first-order valence-corrected chi connectivity index (χ1v) is 13.8. The summed E-state index contributed by atoms with van der Waals surface area (Å²) in [5.74, 6) is 1.58. The lowest BCUT2D eigenvalue weighted by Gasteiger charge is -2.57. The SMILES string of the molecule is C[C@]12CCC[C@](C)(N1)[C@H](F)[C@H](N(c1ncc(-c3ccc(-c4cnc5c(c4)OCCO5)cc3O)nn1)C1CC1)C2. The molecule has 4 atom stereocenters. The first-order valence-electron chi connectivity index (χ1n) is 13.8. The molecule has 5 heterocycles. The lowest BCUT2D eigenvalue weighted by atomic mass is 9.68. The van der Waals surface area contributed by atoms with Crippen molar-refractivity contribution in [2.45, 2.75) is 81.7 Å². The number of hydrogen-bond acceptors (Lipinski definition) is 9. The Morgan fingerprint density at radius 3 is 2.64 bits per heavy atom. The summed E-state index contributed by atoms with van der Waals surface area (Å²) in [7, 11) is 0. The summed E-state index contributed by atoms with van der Waals surface area (Å²) in [4.78, 5) is 11.1. The van der Waals surface area contributed by atoms with Crippen molar-refractivity contribution < 1.29 is 19.0 Å². The Labute approximate surface area is 226 Å². The van der Waals surface area contributed by atoms with E-state index in [1.54, 1.807) is 24.5 Å². The van der Waals surface area contributed by atoms with Crippen LogP contribution < -0.4 is 19.7 Å². The largest absolute Gasteiger partial charge is 0.507 e. The van der Waals surface area contributed by atoms with Crippen LogP contribution in [-0.4, -0.2) is 67.8 Å². The zero-order valence-corrected chi connectivity index (χ0v) is 22.2. The number of aromatic nitrogens is 4. The molecule has 2 bridgehead atoms. The van der Waals surface area contributed by atoms with Crippen molar-refractivity contribution in [1.29, 1.82) is 0 Å². The van der Waals surface area contributed by atoms with Gasteiger partial charge in [-0.3, -0.25) is 0 Å². The number of fused-ring (bicyclic) bond motifs is 3. The number of ether oxygens (including phenoxy) is 2. The number of pyridine rings is 1. The maximum Gasteiger partial charge on any atom is 0.257 e. The van der Waals surface area contributed by atoms with E-state index < -0.39 is 11.7 Å². The minimum Gasteiger partial charge on any atom is -0.507 e. The molecule has 3 fully saturated rings. The number of phenolic OH excluding ortho intramolecular Hbond substituents is 1. The van der Waals surface area contributed by atoms with Crippen LogP contribution in [0.4, 0.5) is 10.3 Å². The molecule has 0 unspecified atom stereocenters. The molecule has 0 radical (unpaired) electrons. The molecule has 2 N–H and O–H groups in total. The van der Waals surface area contributed by atoms with Crippen LogP contribution in [0.25, 0.3) is 22.4 Å². The molecule has 0 amide bonds. The molecule has 1 saturated carbocycles. The van der Waals surface area contributed by atoms with Gasteiger partial charge in [0.15, 0.2) is 5.75 Å². The number of alkyl halides is 1. The van der Waals surface area contributed by atoms with Gasteiger partial charge in [-0.2, -0.15) is 0 Å². The second kappa shape index (κ2) is 9.01. The van der Waals surface area contributed by atoms with E-state index in [1.807, 2.05) is 19.1 Å². The summed E-state index contributed by atoms with van der Waals surface area (Å²) < 4.78 is 27.2. The van der Waals surface area contributed by atoms with Gasteiger partial charge in [0.25, 0.3) is 5.88 Å². The highest BCUT2D eigenvalue weighted by Crippen LogP contribution is 2.46. The number of hydrogen-bond donors (Lipinski definition) is 2. The Morgan fingerprint density at radius 2 is 1.87 bits per heavy atom. The predicted molar refractivity (Wildman–Crippen MR) is 144 cm³/mol. The number of benzene rings is 1. The van der Waals surface area contributed by atoms with Crippen molar-refractivity contribution in [2.24, 2.45) is 0 Å². The van der Waals surface area contributed by atoms with E-state index in [9.17, 15) is 5.11 Å². The van der Waals surface area contributed by atoms with E-state index in [4.69, 9.17) is 9.47 Å². The minimum atomic E-state index is -1.03. The predicted octanol–water partition coefficient (Wildman–Crippen LogP) is 4.45. The van der Waals surface area contributed by atoms with Crippen LogP contribution in [0, 0.1) is 0 Å². The van der Waals surface area contributed by atoms with Gasteiger partial charge < -0.3 is 24.8 Å². The fourth-order valence-electron chi connectivity index (χ4n) is 6.71. The van der Waals surface area contributed by atoms with Gasteiger partial charge in [0.2, 0.25) is 5.95 Å². The van der Waals surface area contributed by atoms with Crippen LogP contribution in [-0.2, 0) is 0 Å². The number of aromatic hydroxyl groups is 1. The number of nitrogens with zero attached hydrogens (tertiary/aromatic N) is 5. The van der Waals surface area contributed by atoms with Crippen LogP contribution in [0.5, 0.6) is 17.4 Å². The molecule has 7 rings (SSSR count). The standard InChI is InChI=1S/C29H33FN6O3/c1-28-8-3-9-29(2,35-28)25(30)22(14-28)36(19-5-6-19)27-32-16-21(33-34-27)20-7-4-17(12-23(20)37)18-13-24-26(31-15-18)39-11-10-38-24/h4,7,12-13,15-16,19,22,25,35,37H,3,5-6,8-11,14H2,1-2H3/t22-,25-,28-,29+/m1/s1. The van der Waals surface area contributed by atoms with Crippen molar-refractivity contribution in [3.63, 3.8) is 0 Å². The number of phenols is 1. The lowest BCUT2D eigenvalue weighted by Crippen LogP contribution is -2.73. The van der Waals surface area contributed by atoms with E-state index in [-0.39, 0.29) is 23.4 Å². The number of rotatable bonds is 5. The molecular weight excluding hydrogens is 499 g/mol. The highest BCUT2D eigenvalue weighted by Gasteiger charge is 2.56. The second-order valence-corrected chi connectivity index (χ2v) is 11.9. The Hall–Kier alpha value is -3.53. The third-order valence-corrected chi connectivity index (χ3v) is 8.70. The van der Waals surface area contributed by atoms with E-state index in [1.165, 1.54) is 0 Å². The van der Waals surface area contributed by atoms with Gasteiger partial charge in [0.05, 0.1) is 12.2 Å². The van der Waals surface area contributed by atoms with E-state index in [0.717, 1.165) is 43.2 Å². The maximum atomic E-state index is 16.0. The quantitative estimate of drug-likeness (QED) is 0.493. The minimum absolute atomic E-state index is 0.0566. The molecule has 4 aliphatic rings. The summed E-state index contributed by atoms with van der Waals surface area (Å²) >= 11 is 0. The van der Waals surface area contributed by atoms with Gasteiger partial charge in [-0.15, -0.1) is 10.2 Å². The molecular formula is C29H33FN6O3. The van der Waals surface area contributed by atoms with Crippen molar-refractivity contribution in [3.05, 3.63) is 36.7 Å². The zero-order chi connectivity index (χ0) is 26.8. The average molecular weight is 533 g/mol. The van der Waals surface area contributed by atoms with E-state index >= 15 is 4.39 Å². The third kappa shape index (κ3) is 4.34. The fourth-order valence-corrected chi connectivity index (χ4v) is 6.71. The average Bonchev–Trinajstić information content (AvgIpc) is 3.77. The van der Waals surface area contributed by atoms with Crippen LogP contribution >= 0.6 is 0 Å². The molecule has 1 aromatic carbocycles. The van der Waals surface area contributed by atoms with E-state index in [2.05, 4.69) is 37.3 Å². The third-order valence-electron chi connectivity index (χ3n) is 8.70. The molecule has 9 nitrogen and oxygen atoms in total. The summed E-state index contributed by atoms with van der Waals surface area (Å²) in [5, 5.41) is 23.4. The van der Waals surface area contributed by atoms with Gasteiger partial charge in [0.1, 0.15) is 30.8 Å². The molecule has 10 heteroatoms. The lowest BCUT2D eigenvalue weighted by molar-refractivity contribution is 0.0000874. The summed E-state index contributed by atoms with van der Waals surface area (Å²) in [6, 6.07) is 7.13. The van der Waals surface area contributed by atoms with Crippen molar-refractivity contribution in [3.8, 4) is 39.8 Å². The van der Waals surface area contributed by atoms with Gasteiger partial charge in [0, 0.05) is 34.4 Å². The summed E-state index contributed by atoms with van der Waals surface area (Å²) in [5.41, 5.74) is 1.92. The summed E-state index contributed by atoms with van der Waals surface area (Å²) in [6.45, 7) is 5.18. The maximum absolute atomic E-state index is 16.0. The Balaban J connectivity index is 1.15. The number of nitrogens with one attached hydrogen (secondary N) is 1. The normalized spacial score (nSPS) is 29.6. The van der Waals surface area contributed by atoms with Gasteiger partial charge in [-0.1, -0.05) is 6.07 Å². The molecule has 3 aliphatic heterocycles. The van der Waals surface area contributed by atoms with Crippen molar-refractivity contribution in [2.75, 3.05) is 18.1 Å². The smallest absolute Gasteiger partial charge is 0.257 e. The molecule has 2 saturated heterocycles. The molecule has 2 aromatic heterocycles. The Bertz CT molecular complexity index is 1400. The highest BCUT2D eigenvalue weighted by atomic mass is 19.1.